The fourth-order valence-corrected chi connectivity index (χ4v) is 3.73. The third-order valence-corrected chi connectivity index (χ3v) is 6.25. The maximum atomic E-state index is 13.6. The van der Waals surface area contributed by atoms with Gasteiger partial charge >= 0.3 is 0 Å². The molecule has 0 amide bonds. The molecule has 0 aliphatic heterocycles. The van der Waals surface area contributed by atoms with E-state index >= 15 is 0 Å². The Morgan fingerprint density at radius 2 is 1.64 bits per heavy atom. The summed E-state index contributed by atoms with van der Waals surface area (Å²) < 4.78 is 65.3. The van der Waals surface area contributed by atoms with E-state index in [2.05, 4.69) is 4.72 Å². The Labute approximate surface area is 147 Å². The predicted octanol–water partition coefficient (Wildman–Crippen LogP) is 2.58. The van der Waals surface area contributed by atoms with Crippen LogP contribution in [0, 0.1) is 5.82 Å². The number of hydrogen-bond acceptors (Lipinski definition) is 4. The van der Waals surface area contributed by atoms with Crippen LogP contribution < -0.4 is 9.03 Å². The zero-order chi connectivity index (χ0) is 18.8. The molecule has 6 nitrogen and oxygen atoms in total. The molecule has 2 aromatic carbocycles. The van der Waals surface area contributed by atoms with Crippen molar-refractivity contribution in [1.82, 2.24) is 0 Å². The topological polar surface area (TPSA) is 83.6 Å². The maximum Gasteiger partial charge on any atom is 0.261 e. The van der Waals surface area contributed by atoms with Crippen molar-refractivity contribution >= 4 is 31.4 Å². The Hall–Kier alpha value is -2.13. The highest BCUT2D eigenvalue weighted by atomic mass is 32.2. The number of sulfonamides is 2. The highest BCUT2D eigenvalue weighted by Gasteiger charge is 2.21. The lowest BCUT2D eigenvalue weighted by molar-refractivity contribution is 0.597. The van der Waals surface area contributed by atoms with Crippen LogP contribution in [0.15, 0.2) is 47.4 Å². The predicted molar refractivity (Wildman–Crippen MR) is 96.3 cm³/mol. The van der Waals surface area contributed by atoms with Gasteiger partial charge < -0.3 is 0 Å². The molecule has 25 heavy (non-hydrogen) atoms. The molecule has 0 saturated carbocycles. The van der Waals surface area contributed by atoms with Gasteiger partial charge in [-0.05, 0) is 36.2 Å². The maximum absolute atomic E-state index is 13.6. The van der Waals surface area contributed by atoms with Crippen molar-refractivity contribution in [1.29, 1.82) is 0 Å². The van der Waals surface area contributed by atoms with Gasteiger partial charge in [0.1, 0.15) is 5.82 Å². The molecule has 0 aliphatic rings. The lowest BCUT2D eigenvalue weighted by Gasteiger charge is -2.21. The molecule has 0 aliphatic carbocycles. The summed E-state index contributed by atoms with van der Waals surface area (Å²) in [4.78, 5) is 0.00178. The van der Waals surface area contributed by atoms with Crippen molar-refractivity contribution in [3.05, 3.63) is 53.8 Å². The number of benzene rings is 2. The number of aryl methyl sites for hydroxylation is 1. The van der Waals surface area contributed by atoms with Gasteiger partial charge in [-0.1, -0.05) is 19.1 Å². The van der Waals surface area contributed by atoms with Crippen molar-refractivity contribution < 1.29 is 21.2 Å². The van der Waals surface area contributed by atoms with Gasteiger partial charge in [-0.25, -0.2) is 21.2 Å². The number of halogens is 1. The molecule has 0 radical (unpaired) electrons. The largest absolute Gasteiger partial charge is 0.277 e. The minimum absolute atomic E-state index is 0.00178. The van der Waals surface area contributed by atoms with Crippen molar-refractivity contribution in [2.45, 2.75) is 18.2 Å². The van der Waals surface area contributed by atoms with Gasteiger partial charge in [0.15, 0.2) is 0 Å². The van der Waals surface area contributed by atoms with Gasteiger partial charge in [0.25, 0.3) is 10.0 Å². The first-order chi connectivity index (χ1) is 11.5. The quantitative estimate of drug-likeness (QED) is 0.827. The Morgan fingerprint density at radius 1 is 1.04 bits per heavy atom. The molecule has 1 N–H and O–H groups in total. The van der Waals surface area contributed by atoms with E-state index < -0.39 is 25.9 Å². The third kappa shape index (κ3) is 4.49. The fraction of sp³-hybridized carbons (Fsp3) is 0.250. The Morgan fingerprint density at radius 3 is 2.16 bits per heavy atom. The lowest BCUT2D eigenvalue weighted by Crippen LogP contribution is -2.26. The van der Waals surface area contributed by atoms with Crippen LogP contribution >= 0.6 is 0 Å². The number of nitrogens with one attached hydrogen (secondary N) is 1. The van der Waals surface area contributed by atoms with Crippen LogP contribution in [0.5, 0.6) is 0 Å². The van der Waals surface area contributed by atoms with Gasteiger partial charge in [0, 0.05) is 13.1 Å². The van der Waals surface area contributed by atoms with E-state index in [1.54, 1.807) is 12.1 Å². The summed E-state index contributed by atoms with van der Waals surface area (Å²) in [5, 5.41) is 0. The number of hydrogen-bond donors (Lipinski definition) is 1. The van der Waals surface area contributed by atoms with E-state index in [9.17, 15) is 21.2 Å². The van der Waals surface area contributed by atoms with E-state index in [0.29, 0.717) is 0 Å². The van der Waals surface area contributed by atoms with Gasteiger partial charge in [-0.3, -0.25) is 9.03 Å². The first-order valence-electron chi connectivity index (χ1n) is 7.40. The second-order valence-corrected chi connectivity index (χ2v) is 9.19. The minimum atomic E-state index is -3.99. The summed E-state index contributed by atoms with van der Waals surface area (Å²) in [5.41, 5.74) is 0.840. The van der Waals surface area contributed by atoms with E-state index in [-0.39, 0.29) is 16.3 Å². The molecule has 2 aromatic rings. The first kappa shape index (κ1) is 19.2. The third-order valence-electron chi connectivity index (χ3n) is 3.68. The average molecular weight is 386 g/mol. The summed E-state index contributed by atoms with van der Waals surface area (Å²) >= 11 is 0. The first-order valence-corrected chi connectivity index (χ1v) is 10.7. The highest BCUT2D eigenvalue weighted by Crippen LogP contribution is 2.29. The highest BCUT2D eigenvalue weighted by molar-refractivity contribution is 7.93. The SMILES string of the molecule is CCc1ccc(S(=O)(=O)Nc2cc(F)ccc2N(C)S(C)(=O)=O)cc1. The smallest absolute Gasteiger partial charge is 0.261 e. The number of nitrogens with zero attached hydrogens (tertiary/aromatic N) is 1. The second kappa shape index (κ2) is 7.01. The Balaban J connectivity index is 2.46. The van der Waals surface area contributed by atoms with Crippen LogP contribution in [0.3, 0.4) is 0 Å². The van der Waals surface area contributed by atoms with Crippen LogP contribution in [0.4, 0.5) is 15.8 Å². The summed E-state index contributed by atoms with van der Waals surface area (Å²) in [6, 6.07) is 9.46. The normalized spacial score (nSPS) is 12.0. The molecule has 0 aromatic heterocycles. The summed E-state index contributed by atoms with van der Waals surface area (Å²) in [6.45, 7) is 1.95. The average Bonchev–Trinajstić information content (AvgIpc) is 2.53. The number of anilines is 2. The molecular weight excluding hydrogens is 367 g/mol. The van der Waals surface area contributed by atoms with Crippen molar-refractivity contribution in [2.75, 3.05) is 22.3 Å². The Kier molecular flexibility index (Phi) is 5.38. The van der Waals surface area contributed by atoms with Gasteiger partial charge in [0.2, 0.25) is 10.0 Å². The zero-order valence-corrected chi connectivity index (χ0v) is 15.7. The van der Waals surface area contributed by atoms with Crippen molar-refractivity contribution in [3.63, 3.8) is 0 Å². The van der Waals surface area contributed by atoms with Crippen LogP contribution in [-0.4, -0.2) is 30.1 Å². The van der Waals surface area contributed by atoms with Gasteiger partial charge in [-0.15, -0.1) is 0 Å². The van der Waals surface area contributed by atoms with E-state index in [4.69, 9.17) is 0 Å². The molecule has 0 bridgehead atoms. The van der Waals surface area contributed by atoms with Crippen LogP contribution in [-0.2, 0) is 26.5 Å². The van der Waals surface area contributed by atoms with Gasteiger partial charge in [0.05, 0.1) is 22.5 Å². The molecule has 0 spiro atoms. The Bertz CT molecular complexity index is 972. The van der Waals surface area contributed by atoms with Crippen molar-refractivity contribution in [3.8, 4) is 0 Å². The molecule has 0 unspecified atom stereocenters. The standard InChI is InChI=1S/C16H19FN2O4S2/c1-4-12-5-8-14(9-6-12)25(22,23)18-15-11-13(17)7-10-16(15)19(2)24(3,20)21/h5-11,18H,4H2,1-3H3. The summed E-state index contributed by atoms with van der Waals surface area (Å²) in [7, 11) is -6.38. The fourth-order valence-electron chi connectivity index (χ4n) is 2.15. The molecule has 9 heteroatoms. The van der Waals surface area contributed by atoms with Crippen LogP contribution in [0.25, 0.3) is 0 Å². The van der Waals surface area contributed by atoms with Crippen molar-refractivity contribution in [2.24, 2.45) is 0 Å². The van der Waals surface area contributed by atoms with Crippen LogP contribution in [0.2, 0.25) is 0 Å². The lowest BCUT2D eigenvalue weighted by atomic mass is 10.2. The molecule has 0 heterocycles. The number of rotatable bonds is 6. The second-order valence-electron chi connectivity index (χ2n) is 5.49. The van der Waals surface area contributed by atoms with E-state index in [1.807, 2.05) is 6.92 Å². The van der Waals surface area contributed by atoms with E-state index in [0.717, 1.165) is 34.7 Å². The molecule has 136 valence electrons. The zero-order valence-electron chi connectivity index (χ0n) is 14.0. The monoisotopic (exact) mass is 386 g/mol. The summed E-state index contributed by atoms with van der Waals surface area (Å²) in [5.74, 6) is -0.690. The molecule has 2 rings (SSSR count). The molecular formula is C16H19FN2O4S2. The minimum Gasteiger partial charge on any atom is -0.277 e. The summed E-state index contributed by atoms with van der Waals surface area (Å²) in [6.07, 6.45) is 1.74. The molecule has 0 fully saturated rings. The van der Waals surface area contributed by atoms with Crippen LogP contribution in [0.1, 0.15) is 12.5 Å². The van der Waals surface area contributed by atoms with E-state index in [1.165, 1.54) is 25.2 Å². The molecule has 0 atom stereocenters. The molecule has 0 saturated heterocycles. The van der Waals surface area contributed by atoms with Gasteiger partial charge in [-0.2, -0.15) is 0 Å².